The Labute approximate surface area is 175 Å². The normalized spacial score (nSPS) is 15.5. The second-order valence-electron chi connectivity index (χ2n) is 7.12. The molecule has 0 unspecified atom stereocenters. The van der Waals surface area contributed by atoms with E-state index in [1.165, 1.54) is 10.9 Å². The minimum absolute atomic E-state index is 0.700. The van der Waals surface area contributed by atoms with Gasteiger partial charge in [0, 0.05) is 40.4 Å². The molecule has 0 bridgehead atoms. The van der Waals surface area contributed by atoms with Crippen molar-refractivity contribution in [2.45, 2.75) is 29.3 Å². The Kier molecular flexibility index (Phi) is 5.05. The van der Waals surface area contributed by atoms with Crippen molar-refractivity contribution in [1.29, 1.82) is 0 Å². The smallest absolute Gasteiger partial charge is 0.200 e. The Morgan fingerprint density at radius 3 is 2.89 bits per heavy atom. The molecular formula is C21H19BrN4OS. The van der Waals surface area contributed by atoms with Gasteiger partial charge in [-0.1, -0.05) is 0 Å². The van der Waals surface area contributed by atoms with Crippen LogP contribution in [-0.2, 0) is 11.2 Å². The first kappa shape index (κ1) is 18.1. The van der Waals surface area contributed by atoms with E-state index in [1.54, 1.807) is 11.8 Å². The van der Waals surface area contributed by atoms with Gasteiger partial charge in [-0.3, -0.25) is 9.38 Å². The van der Waals surface area contributed by atoms with Gasteiger partial charge in [-0.15, -0.1) is 10.2 Å². The number of ether oxygens (including phenoxy) is 1. The van der Waals surface area contributed by atoms with E-state index in [-0.39, 0.29) is 0 Å². The predicted octanol–water partition coefficient (Wildman–Crippen LogP) is 5.16. The second kappa shape index (κ2) is 7.81. The van der Waals surface area contributed by atoms with Crippen LogP contribution >= 0.6 is 27.7 Å². The highest BCUT2D eigenvalue weighted by molar-refractivity contribution is 9.10. The summed E-state index contributed by atoms with van der Waals surface area (Å²) < 4.78 is 8.48. The van der Waals surface area contributed by atoms with E-state index in [4.69, 9.17) is 4.74 Å². The molecule has 1 aliphatic rings. The lowest BCUT2D eigenvalue weighted by Gasteiger charge is -2.21. The van der Waals surface area contributed by atoms with Crippen LogP contribution in [0.1, 0.15) is 18.4 Å². The Morgan fingerprint density at radius 2 is 2.00 bits per heavy atom. The maximum atomic E-state index is 5.48. The highest BCUT2D eigenvalue weighted by Crippen LogP contribution is 2.30. The molecule has 4 aromatic rings. The van der Waals surface area contributed by atoms with Crippen LogP contribution in [-0.4, -0.2) is 32.8 Å². The fourth-order valence-corrected chi connectivity index (χ4v) is 4.83. The van der Waals surface area contributed by atoms with E-state index in [9.17, 15) is 0 Å². The Balaban J connectivity index is 1.42. The van der Waals surface area contributed by atoms with Crippen molar-refractivity contribution < 1.29 is 4.74 Å². The maximum absolute atomic E-state index is 5.48. The summed E-state index contributed by atoms with van der Waals surface area (Å²) in [5, 5.41) is 10.6. The number of pyridine rings is 2. The molecular weight excluding hydrogens is 436 g/mol. The molecule has 3 aromatic heterocycles. The highest BCUT2D eigenvalue weighted by Gasteiger charge is 2.15. The number of benzene rings is 1. The van der Waals surface area contributed by atoms with Gasteiger partial charge in [0.15, 0.2) is 10.8 Å². The van der Waals surface area contributed by atoms with Crippen LogP contribution < -0.4 is 0 Å². The summed E-state index contributed by atoms with van der Waals surface area (Å²) >= 11 is 5.13. The van der Waals surface area contributed by atoms with Crippen molar-refractivity contribution in [1.82, 2.24) is 19.6 Å². The summed E-state index contributed by atoms with van der Waals surface area (Å²) in [6.45, 7) is 1.77. The molecule has 142 valence electrons. The first-order valence-electron chi connectivity index (χ1n) is 9.39. The molecule has 4 heterocycles. The standard InChI is InChI=1S/C21H19BrN4OS/c22-17-1-4-20-24-25-21(26(20)13-17)28-18-2-3-19-16(11-18)10-15(12-23-19)9-14-5-7-27-8-6-14/h1-4,10-14H,5-9H2. The molecule has 28 heavy (non-hydrogen) atoms. The number of rotatable bonds is 4. The van der Waals surface area contributed by atoms with Crippen LogP contribution in [0.25, 0.3) is 16.6 Å². The summed E-state index contributed by atoms with van der Waals surface area (Å²) in [5.74, 6) is 0.700. The van der Waals surface area contributed by atoms with Crippen LogP contribution in [0.2, 0.25) is 0 Å². The SMILES string of the molecule is Brc1ccc2nnc(Sc3ccc4ncc(CC5CCOCC5)cc4c3)n2c1. The Morgan fingerprint density at radius 1 is 1.11 bits per heavy atom. The molecule has 7 heteroatoms. The molecule has 5 nitrogen and oxygen atoms in total. The molecule has 1 fully saturated rings. The highest BCUT2D eigenvalue weighted by atomic mass is 79.9. The minimum Gasteiger partial charge on any atom is -0.381 e. The molecule has 1 aliphatic heterocycles. The number of fused-ring (bicyclic) bond motifs is 2. The van der Waals surface area contributed by atoms with Crippen molar-refractivity contribution >= 4 is 44.2 Å². The fraction of sp³-hybridized carbons (Fsp3) is 0.286. The first-order chi connectivity index (χ1) is 13.7. The lowest BCUT2D eigenvalue weighted by Crippen LogP contribution is -2.17. The van der Waals surface area contributed by atoms with Crippen LogP contribution in [0.15, 0.2) is 63.3 Å². The molecule has 5 rings (SSSR count). The lowest BCUT2D eigenvalue weighted by atomic mass is 9.93. The third-order valence-corrected chi connectivity index (χ3v) is 6.54. The lowest BCUT2D eigenvalue weighted by molar-refractivity contribution is 0.0665. The molecule has 0 spiro atoms. The zero-order valence-electron chi connectivity index (χ0n) is 15.2. The summed E-state index contributed by atoms with van der Waals surface area (Å²) in [4.78, 5) is 5.80. The summed E-state index contributed by atoms with van der Waals surface area (Å²) in [7, 11) is 0. The molecule has 0 saturated carbocycles. The van der Waals surface area contributed by atoms with Crippen molar-refractivity contribution in [2.24, 2.45) is 5.92 Å². The van der Waals surface area contributed by atoms with E-state index in [1.807, 2.05) is 28.9 Å². The van der Waals surface area contributed by atoms with E-state index in [0.29, 0.717) is 5.92 Å². The zero-order chi connectivity index (χ0) is 18.9. The largest absolute Gasteiger partial charge is 0.381 e. The zero-order valence-corrected chi connectivity index (χ0v) is 17.6. The molecule has 1 saturated heterocycles. The number of hydrogen-bond donors (Lipinski definition) is 0. The Hall–Kier alpha value is -1.96. The molecule has 0 radical (unpaired) electrons. The van der Waals surface area contributed by atoms with E-state index in [0.717, 1.165) is 58.2 Å². The predicted molar refractivity (Wildman–Crippen MR) is 114 cm³/mol. The van der Waals surface area contributed by atoms with Crippen molar-refractivity contribution in [3.05, 3.63) is 58.8 Å². The van der Waals surface area contributed by atoms with Crippen LogP contribution in [0.3, 0.4) is 0 Å². The molecule has 0 N–H and O–H groups in total. The Bertz CT molecular complexity index is 1140. The van der Waals surface area contributed by atoms with Gasteiger partial charge in [0.1, 0.15) is 0 Å². The van der Waals surface area contributed by atoms with Crippen LogP contribution in [0.5, 0.6) is 0 Å². The summed E-state index contributed by atoms with van der Waals surface area (Å²) in [6, 6.07) is 12.6. The number of nitrogens with zero attached hydrogens (tertiary/aromatic N) is 4. The molecule has 0 amide bonds. The van der Waals surface area contributed by atoms with Gasteiger partial charge in [0.2, 0.25) is 0 Å². The van der Waals surface area contributed by atoms with Crippen molar-refractivity contribution in [2.75, 3.05) is 13.2 Å². The van der Waals surface area contributed by atoms with Crippen LogP contribution in [0, 0.1) is 5.92 Å². The number of halogens is 1. The van der Waals surface area contributed by atoms with E-state index in [2.05, 4.69) is 55.4 Å². The third-order valence-electron chi connectivity index (χ3n) is 5.12. The number of aromatic nitrogens is 4. The molecule has 0 aliphatic carbocycles. The minimum atomic E-state index is 0.700. The molecule has 0 atom stereocenters. The number of hydrogen-bond acceptors (Lipinski definition) is 5. The van der Waals surface area contributed by atoms with Gasteiger partial charge < -0.3 is 4.74 Å². The average Bonchev–Trinajstić information content (AvgIpc) is 3.10. The maximum Gasteiger partial charge on any atom is 0.200 e. The fourth-order valence-electron chi connectivity index (χ4n) is 3.63. The van der Waals surface area contributed by atoms with E-state index >= 15 is 0 Å². The first-order valence-corrected chi connectivity index (χ1v) is 11.0. The second-order valence-corrected chi connectivity index (χ2v) is 9.07. The summed E-state index contributed by atoms with van der Waals surface area (Å²) in [5.41, 5.74) is 3.17. The van der Waals surface area contributed by atoms with Crippen molar-refractivity contribution in [3.8, 4) is 0 Å². The van der Waals surface area contributed by atoms with E-state index < -0.39 is 0 Å². The van der Waals surface area contributed by atoms with Gasteiger partial charge in [-0.2, -0.15) is 0 Å². The van der Waals surface area contributed by atoms with Crippen molar-refractivity contribution in [3.63, 3.8) is 0 Å². The van der Waals surface area contributed by atoms with Gasteiger partial charge in [0.05, 0.1) is 5.52 Å². The monoisotopic (exact) mass is 454 g/mol. The topological polar surface area (TPSA) is 52.3 Å². The quantitative estimate of drug-likeness (QED) is 0.426. The van der Waals surface area contributed by atoms with Gasteiger partial charge in [-0.25, -0.2) is 0 Å². The van der Waals surface area contributed by atoms with Crippen LogP contribution in [0.4, 0.5) is 0 Å². The summed E-state index contributed by atoms with van der Waals surface area (Å²) in [6.07, 6.45) is 7.37. The van der Waals surface area contributed by atoms with Gasteiger partial charge >= 0.3 is 0 Å². The van der Waals surface area contributed by atoms with Gasteiger partial charge in [0.25, 0.3) is 0 Å². The third kappa shape index (κ3) is 3.79. The average molecular weight is 455 g/mol. The van der Waals surface area contributed by atoms with Gasteiger partial charge in [-0.05, 0) is 94.8 Å². The molecule has 1 aromatic carbocycles.